The van der Waals surface area contributed by atoms with Crippen LogP contribution in [-0.4, -0.2) is 19.7 Å². The molecule has 0 unspecified atom stereocenters. The third kappa shape index (κ3) is 4.51. The fourth-order valence-corrected chi connectivity index (χ4v) is 1.32. The van der Waals surface area contributed by atoms with Crippen LogP contribution in [0.4, 0.5) is 11.4 Å². The molecule has 0 aliphatic heterocycles. The fourth-order valence-electron chi connectivity index (χ4n) is 1.32. The average molecular weight is 231 g/mol. The smallest absolute Gasteiger partial charge is 0.211 e. The van der Waals surface area contributed by atoms with Gasteiger partial charge in [0.2, 0.25) is 6.41 Å². The molecule has 4 heteroatoms. The summed E-state index contributed by atoms with van der Waals surface area (Å²) >= 11 is 0. The van der Waals surface area contributed by atoms with Gasteiger partial charge in [0.05, 0.1) is 0 Å². The second-order valence-corrected chi connectivity index (χ2v) is 3.42. The van der Waals surface area contributed by atoms with Gasteiger partial charge in [-0.05, 0) is 36.8 Å². The van der Waals surface area contributed by atoms with Crippen molar-refractivity contribution in [1.82, 2.24) is 0 Å². The zero-order chi connectivity index (χ0) is 12.5. The van der Waals surface area contributed by atoms with Crippen LogP contribution in [0, 0.1) is 0 Å². The van der Waals surface area contributed by atoms with Crippen LogP contribution in [0.3, 0.4) is 0 Å². The Balaban J connectivity index is 2.70. The second-order valence-electron chi connectivity index (χ2n) is 3.42. The maximum absolute atomic E-state index is 10.3. The van der Waals surface area contributed by atoms with E-state index >= 15 is 0 Å². The van der Waals surface area contributed by atoms with E-state index in [9.17, 15) is 4.79 Å². The summed E-state index contributed by atoms with van der Waals surface area (Å²) in [5.41, 5.74) is 2.86. The van der Waals surface area contributed by atoms with Gasteiger partial charge in [0.1, 0.15) is 0 Å². The fraction of sp³-hybridized carbons (Fsp3) is 0.231. The molecule has 1 aromatic rings. The first-order valence-corrected chi connectivity index (χ1v) is 5.48. The number of nitrogens with zero attached hydrogens (tertiary/aromatic N) is 1. The number of benzene rings is 1. The third-order valence-electron chi connectivity index (χ3n) is 2.22. The number of hydrogen-bond donors (Lipinski definition) is 2. The molecule has 0 aromatic heterocycles. The SMILES string of the molecule is CC/C(=C\C=NC)Nc1ccc(NC=O)cc1. The Morgan fingerprint density at radius 1 is 1.29 bits per heavy atom. The summed E-state index contributed by atoms with van der Waals surface area (Å²) in [4.78, 5) is 14.2. The molecule has 0 radical (unpaired) electrons. The molecule has 1 aromatic carbocycles. The summed E-state index contributed by atoms with van der Waals surface area (Å²) in [6.45, 7) is 2.07. The predicted molar refractivity (Wildman–Crippen MR) is 72.5 cm³/mol. The molecule has 0 aliphatic rings. The Kier molecular flexibility index (Phi) is 5.51. The standard InChI is InChI=1S/C13H17N3O/c1-3-11(8-9-14-2)16-13-6-4-12(5-7-13)15-10-17/h4-10,16H,3H2,1-2H3,(H,15,17)/b11-8+,14-9?. The highest BCUT2D eigenvalue weighted by molar-refractivity contribution is 5.74. The Morgan fingerprint density at radius 3 is 2.47 bits per heavy atom. The van der Waals surface area contributed by atoms with Crippen LogP contribution < -0.4 is 10.6 Å². The van der Waals surface area contributed by atoms with E-state index in [0.717, 1.165) is 23.5 Å². The summed E-state index contributed by atoms with van der Waals surface area (Å²) in [6.07, 6.45) is 5.27. The summed E-state index contributed by atoms with van der Waals surface area (Å²) in [7, 11) is 1.74. The maximum atomic E-state index is 10.3. The third-order valence-corrected chi connectivity index (χ3v) is 2.22. The zero-order valence-corrected chi connectivity index (χ0v) is 10.1. The number of carbonyl (C=O) groups excluding carboxylic acids is 1. The van der Waals surface area contributed by atoms with E-state index in [4.69, 9.17) is 0 Å². The molecule has 0 saturated carbocycles. The monoisotopic (exact) mass is 231 g/mol. The van der Waals surface area contributed by atoms with Gasteiger partial charge < -0.3 is 10.6 Å². The van der Waals surface area contributed by atoms with Gasteiger partial charge in [-0.15, -0.1) is 0 Å². The van der Waals surface area contributed by atoms with E-state index < -0.39 is 0 Å². The lowest BCUT2D eigenvalue weighted by molar-refractivity contribution is -0.105. The lowest BCUT2D eigenvalue weighted by atomic mass is 10.2. The first-order chi connectivity index (χ1) is 8.30. The number of anilines is 2. The Bertz CT molecular complexity index is 407. The van der Waals surface area contributed by atoms with E-state index in [1.165, 1.54) is 0 Å². The highest BCUT2D eigenvalue weighted by Gasteiger charge is 1.95. The molecule has 0 fully saturated rings. The first-order valence-electron chi connectivity index (χ1n) is 5.48. The minimum atomic E-state index is 0.664. The van der Waals surface area contributed by atoms with Crippen molar-refractivity contribution in [1.29, 1.82) is 0 Å². The van der Waals surface area contributed by atoms with Crippen LogP contribution in [0.15, 0.2) is 41.0 Å². The number of aliphatic imine (C=N–C) groups is 1. The van der Waals surface area contributed by atoms with Crippen molar-refractivity contribution in [3.05, 3.63) is 36.0 Å². The number of rotatable bonds is 6. The van der Waals surface area contributed by atoms with Gasteiger partial charge in [-0.25, -0.2) is 0 Å². The highest BCUT2D eigenvalue weighted by Crippen LogP contribution is 2.15. The minimum Gasteiger partial charge on any atom is -0.359 e. The van der Waals surface area contributed by atoms with Crippen molar-refractivity contribution in [2.45, 2.75) is 13.3 Å². The van der Waals surface area contributed by atoms with Gasteiger partial charge in [-0.3, -0.25) is 9.79 Å². The van der Waals surface area contributed by atoms with E-state index in [0.29, 0.717) is 6.41 Å². The van der Waals surface area contributed by atoms with Gasteiger partial charge in [-0.1, -0.05) is 6.92 Å². The molecule has 0 atom stereocenters. The molecular formula is C13H17N3O. The average Bonchev–Trinajstić information content (AvgIpc) is 2.37. The normalized spacial score (nSPS) is 11.5. The molecule has 0 saturated heterocycles. The highest BCUT2D eigenvalue weighted by atomic mass is 16.1. The van der Waals surface area contributed by atoms with Crippen molar-refractivity contribution < 1.29 is 4.79 Å². The number of allylic oxidation sites excluding steroid dienone is 2. The van der Waals surface area contributed by atoms with Crippen LogP contribution in [0.5, 0.6) is 0 Å². The van der Waals surface area contributed by atoms with Crippen LogP contribution in [0.1, 0.15) is 13.3 Å². The summed E-state index contributed by atoms with van der Waals surface area (Å²) in [5.74, 6) is 0. The molecule has 0 bridgehead atoms. The zero-order valence-electron chi connectivity index (χ0n) is 10.1. The lowest BCUT2D eigenvalue weighted by Crippen LogP contribution is -1.99. The topological polar surface area (TPSA) is 53.5 Å². The molecule has 90 valence electrons. The van der Waals surface area contributed by atoms with Crippen molar-refractivity contribution in [3.63, 3.8) is 0 Å². The van der Waals surface area contributed by atoms with Crippen LogP contribution >= 0.6 is 0 Å². The predicted octanol–water partition coefficient (Wildman–Crippen LogP) is 2.66. The van der Waals surface area contributed by atoms with Gasteiger partial charge in [0.25, 0.3) is 0 Å². The molecule has 0 heterocycles. The largest absolute Gasteiger partial charge is 0.359 e. The number of carbonyl (C=O) groups is 1. The summed E-state index contributed by atoms with van der Waals surface area (Å²) in [6, 6.07) is 7.52. The van der Waals surface area contributed by atoms with Gasteiger partial charge in [0.15, 0.2) is 0 Å². The van der Waals surface area contributed by atoms with Crippen LogP contribution in [0.2, 0.25) is 0 Å². The second kappa shape index (κ2) is 7.22. The van der Waals surface area contributed by atoms with Crippen LogP contribution in [0.25, 0.3) is 0 Å². The number of amides is 1. The summed E-state index contributed by atoms with van der Waals surface area (Å²) in [5, 5.41) is 5.88. The minimum absolute atomic E-state index is 0.664. The molecule has 2 N–H and O–H groups in total. The Hall–Kier alpha value is -2.10. The van der Waals surface area contributed by atoms with E-state index in [1.807, 2.05) is 30.3 Å². The molecule has 0 spiro atoms. The maximum Gasteiger partial charge on any atom is 0.211 e. The molecule has 0 aliphatic carbocycles. The first kappa shape index (κ1) is 13.0. The quantitative estimate of drug-likeness (QED) is 0.584. The summed E-state index contributed by atoms with van der Waals surface area (Å²) < 4.78 is 0. The van der Waals surface area contributed by atoms with Crippen molar-refractivity contribution in [3.8, 4) is 0 Å². The molecule has 4 nitrogen and oxygen atoms in total. The van der Waals surface area contributed by atoms with Gasteiger partial charge >= 0.3 is 0 Å². The van der Waals surface area contributed by atoms with E-state index in [2.05, 4.69) is 22.5 Å². The molecule has 1 rings (SSSR count). The number of hydrogen-bond acceptors (Lipinski definition) is 3. The Labute approximate surface area is 101 Å². The van der Waals surface area contributed by atoms with Crippen molar-refractivity contribution >= 4 is 24.0 Å². The van der Waals surface area contributed by atoms with E-state index in [1.54, 1.807) is 13.3 Å². The van der Waals surface area contributed by atoms with Crippen LogP contribution in [-0.2, 0) is 4.79 Å². The van der Waals surface area contributed by atoms with E-state index in [-0.39, 0.29) is 0 Å². The van der Waals surface area contributed by atoms with Gasteiger partial charge in [0, 0.05) is 30.3 Å². The molecule has 17 heavy (non-hydrogen) atoms. The van der Waals surface area contributed by atoms with Crippen molar-refractivity contribution in [2.75, 3.05) is 17.7 Å². The van der Waals surface area contributed by atoms with Crippen molar-refractivity contribution in [2.24, 2.45) is 4.99 Å². The lowest BCUT2D eigenvalue weighted by Gasteiger charge is -2.09. The molecule has 1 amide bonds. The molecular weight excluding hydrogens is 214 g/mol. The Morgan fingerprint density at radius 2 is 1.94 bits per heavy atom. The van der Waals surface area contributed by atoms with Gasteiger partial charge in [-0.2, -0.15) is 0 Å². The number of nitrogens with one attached hydrogen (secondary N) is 2.